The van der Waals surface area contributed by atoms with E-state index in [0.717, 1.165) is 18.4 Å². The molecule has 1 aromatic rings. The molecule has 0 unspecified atom stereocenters. The number of hydrogen-bond donors (Lipinski definition) is 0. The lowest BCUT2D eigenvalue weighted by molar-refractivity contribution is -0.169. The fraction of sp³-hybridized carbons (Fsp3) is 0.636. The van der Waals surface area contributed by atoms with Gasteiger partial charge in [0.15, 0.2) is 0 Å². The van der Waals surface area contributed by atoms with Gasteiger partial charge in [0, 0.05) is 0 Å². The third-order valence-corrected chi connectivity index (χ3v) is 5.85. The SMILES string of the molecule is CC(=O)[C@](C)(Cc1ccccc1)C(=O)O[C@@H]1C[C@@H](C)CC[C@H]1C(C)C. The number of benzene rings is 1. The maximum atomic E-state index is 13.0. The number of Topliss-reactive ketones (excluding diaryl/α,β-unsaturated/α-hetero) is 1. The summed E-state index contributed by atoms with van der Waals surface area (Å²) in [6.07, 6.45) is 3.48. The minimum atomic E-state index is -1.12. The lowest BCUT2D eigenvalue weighted by Gasteiger charge is -2.38. The molecule has 0 N–H and O–H groups in total. The van der Waals surface area contributed by atoms with Crippen molar-refractivity contribution in [1.29, 1.82) is 0 Å². The largest absolute Gasteiger partial charge is 0.461 e. The van der Waals surface area contributed by atoms with Crippen LogP contribution in [0, 0.1) is 23.2 Å². The second kappa shape index (κ2) is 8.16. The zero-order valence-corrected chi connectivity index (χ0v) is 16.2. The van der Waals surface area contributed by atoms with Crippen LogP contribution in [0.1, 0.15) is 59.4 Å². The summed E-state index contributed by atoms with van der Waals surface area (Å²) in [6, 6.07) is 9.70. The summed E-state index contributed by atoms with van der Waals surface area (Å²) >= 11 is 0. The molecule has 0 amide bonds. The van der Waals surface area contributed by atoms with Gasteiger partial charge in [0.2, 0.25) is 0 Å². The van der Waals surface area contributed by atoms with E-state index in [9.17, 15) is 9.59 Å². The van der Waals surface area contributed by atoms with E-state index in [1.54, 1.807) is 6.92 Å². The van der Waals surface area contributed by atoms with Gasteiger partial charge in [-0.15, -0.1) is 0 Å². The standard InChI is InChI=1S/C22H32O3/c1-15(2)19-12-11-16(3)13-20(19)25-21(24)22(5,17(4)23)14-18-9-7-6-8-10-18/h6-10,15-16,19-20H,11-14H2,1-5H3/t16-,19-,20+,22-/m0/s1. The van der Waals surface area contributed by atoms with Crippen molar-refractivity contribution in [3.05, 3.63) is 35.9 Å². The van der Waals surface area contributed by atoms with Crippen molar-refractivity contribution < 1.29 is 14.3 Å². The number of carbonyl (C=O) groups excluding carboxylic acids is 2. The van der Waals surface area contributed by atoms with Gasteiger partial charge in [-0.05, 0) is 56.4 Å². The van der Waals surface area contributed by atoms with Gasteiger partial charge in [-0.25, -0.2) is 0 Å². The summed E-state index contributed by atoms with van der Waals surface area (Å²) in [5.74, 6) is 0.918. The highest BCUT2D eigenvalue weighted by Crippen LogP contribution is 2.37. The first-order chi connectivity index (χ1) is 11.7. The smallest absolute Gasteiger partial charge is 0.319 e. The maximum Gasteiger partial charge on any atom is 0.319 e. The van der Waals surface area contributed by atoms with Gasteiger partial charge < -0.3 is 4.74 Å². The van der Waals surface area contributed by atoms with Crippen molar-refractivity contribution in [2.24, 2.45) is 23.2 Å². The van der Waals surface area contributed by atoms with Gasteiger partial charge in [-0.3, -0.25) is 9.59 Å². The minimum absolute atomic E-state index is 0.0781. The van der Waals surface area contributed by atoms with E-state index in [2.05, 4.69) is 20.8 Å². The molecule has 0 radical (unpaired) electrons. The van der Waals surface area contributed by atoms with Crippen LogP contribution in [0.3, 0.4) is 0 Å². The molecule has 0 heterocycles. The Hall–Kier alpha value is -1.64. The number of hydrogen-bond acceptors (Lipinski definition) is 3. The number of carbonyl (C=O) groups is 2. The molecule has 0 aliphatic heterocycles. The molecule has 1 aliphatic rings. The van der Waals surface area contributed by atoms with E-state index in [1.807, 2.05) is 30.3 Å². The maximum absolute atomic E-state index is 13.0. The van der Waals surface area contributed by atoms with Crippen molar-refractivity contribution in [2.45, 2.75) is 66.4 Å². The Morgan fingerprint density at radius 1 is 1.20 bits per heavy atom. The first-order valence-electron chi connectivity index (χ1n) is 9.50. The lowest BCUT2D eigenvalue weighted by atomic mass is 9.75. The first-order valence-corrected chi connectivity index (χ1v) is 9.50. The molecule has 0 saturated heterocycles. The Morgan fingerprint density at radius 2 is 1.84 bits per heavy atom. The molecular formula is C22H32O3. The molecule has 25 heavy (non-hydrogen) atoms. The molecule has 2 rings (SSSR count). The van der Waals surface area contributed by atoms with Crippen LogP contribution in [0.4, 0.5) is 0 Å². The predicted octanol–water partition coefficient (Wildman–Crippen LogP) is 4.83. The first kappa shape index (κ1) is 19.7. The Labute approximate surface area is 152 Å². The van der Waals surface area contributed by atoms with Crippen molar-refractivity contribution in [3.63, 3.8) is 0 Å². The van der Waals surface area contributed by atoms with Gasteiger partial charge in [0.25, 0.3) is 0 Å². The lowest BCUT2D eigenvalue weighted by Crippen LogP contribution is -2.44. The molecule has 1 aromatic carbocycles. The number of ketones is 1. The van der Waals surface area contributed by atoms with E-state index in [1.165, 1.54) is 13.3 Å². The highest BCUT2D eigenvalue weighted by Gasteiger charge is 2.43. The van der Waals surface area contributed by atoms with E-state index in [0.29, 0.717) is 24.2 Å². The van der Waals surface area contributed by atoms with Crippen molar-refractivity contribution in [1.82, 2.24) is 0 Å². The van der Waals surface area contributed by atoms with Crippen LogP contribution in [0.25, 0.3) is 0 Å². The Kier molecular flexibility index (Phi) is 6.42. The van der Waals surface area contributed by atoms with Crippen LogP contribution in [0.5, 0.6) is 0 Å². The van der Waals surface area contributed by atoms with E-state index in [4.69, 9.17) is 4.74 Å². The van der Waals surface area contributed by atoms with Gasteiger partial charge in [0.1, 0.15) is 17.3 Å². The van der Waals surface area contributed by atoms with Crippen LogP contribution in [-0.4, -0.2) is 17.9 Å². The van der Waals surface area contributed by atoms with Crippen molar-refractivity contribution >= 4 is 11.8 Å². The van der Waals surface area contributed by atoms with Gasteiger partial charge >= 0.3 is 5.97 Å². The van der Waals surface area contributed by atoms with Gasteiger partial charge in [0.05, 0.1) is 0 Å². The van der Waals surface area contributed by atoms with E-state index >= 15 is 0 Å². The zero-order valence-electron chi connectivity index (χ0n) is 16.2. The fourth-order valence-corrected chi connectivity index (χ4v) is 3.86. The van der Waals surface area contributed by atoms with Crippen LogP contribution in [-0.2, 0) is 20.7 Å². The molecule has 1 aliphatic carbocycles. The summed E-state index contributed by atoms with van der Waals surface area (Å²) in [5.41, 5.74) is -0.140. The average Bonchev–Trinajstić information content (AvgIpc) is 2.55. The van der Waals surface area contributed by atoms with Crippen LogP contribution in [0.15, 0.2) is 30.3 Å². The van der Waals surface area contributed by atoms with Crippen LogP contribution in [0.2, 0.25) is 0 Å². The second-order valence-electron chi connectivity index (χ2n) is 8.32. The number of rotatable bonds is 6. The monoisotopic (exact) mass is 344 g/mol. The molecule has 3 nitrogen and oxygen atoms in total. The molecule has 138 valence electrons. The number of ether oxygens (including phenoxy) is 1. The molecule has 3 heteroatoms. The topological polar surface area (TPSA) is 43.4 Å². The van der Waals surface area contributed by atoms with Gasteiger partial charge in [-0.2, -0.15) is 0 Å². The Balaban J connectivity index is 2.17. The molecule has 1 saturated carbocycles. The van der Waals surface area contributed by atoms with E-state index in [-0.39, 0.29) is 17.9 Å². The molecule has 1 fully saturated rings. The van der Waals surface area contributed by atoms with Gasteiger partial charge in [-0.1, -0.05) is 57.5 Å². The minimum Gasteiger partial charge on any atom is -0.461 e. The second-order valence-corrected chi connectivity index (χ2v) is 8.32. The Morgan fingerprint density at radius 3 is 2.40 bits per heavy atom. The third-order valence-electron chi connectivity index (χ3n) is 5.85. The highest BCUT2D eigenvalue weighted by molar-refractivity contribution is 6.02. The normalized spacial score (nSPS) is 26.1. The van der Waals surface area contributed by atoms with Crippen molar-refractivity contribution in [2.75, 3.05) is 0 Å². The summed E-state index contributed by atoms with van der Waals surface area (Å²) in [7, 11) is 0. The summed E-state index contributed by atoms with van der Waals surface area (Å²) in [4.78, 5) is 25.3. The number of esters is 1. The fourth-order valence-electron chi connectivity index (χ4n) is 3.86. The molecule has 0 bridgehead atoms. The van der Waals surface area contributed by atoms with Crippen LogP contribution >= 0.6 is 0 Å². The zero-order chi connectivity index (χ0) is 18.6. The molecule has 0 aromatic heterocycles. The molecular weight excluding hydrogens is 312 g/mol. The quantitative estimate of drug-likeness (QED) is 0.548. The Bertz CT molecular complexity index is 593. The summed E-state index contributed by atoms with van der Waals surface area (Å²) in [6.45, 7) is 9.81. The highest BCUT2D eigenvalue weighted by atomic mass is 16.5. The van der Waals surface area contributed by atoms with Crippen molar-refractivity contribution in [3.8, 4) is 0 Å². The summed E-state index contributed by atoms with van der Waals surface area (Å²) in [5, 5.41) is 0. The third kappa shape index (κ3) is 4.71. The molecule has 0 spiro atoms. The average molecular weight is 344 g/mol. The molecule has 4 atom stereocenters. The summed E-state index contributed by atoms with van der Waals surface area (Å²) < 4.78 is 5.97. The predicted molar refractivity (Wildman–Crippen MR) is 100 cm³/mol. The van der Waals surface area contributed by atoms with E-state index < -0.39 is 5.41 Å². The van der Waals surface area contributed by atoms with Crippen LogP contribution < -0.4 is 0 Å².